The molecule has 0 unspecified atom stereocenters. The molecule has 0 aliphatic rings. The zero-order chi connectivity index (χ0) is 25.9. The lowest BCUT2D eigenvalue weighted by molar-refractivity contribution is 0.590. The van der Waals surface area contributed by atoms with Crippen LogP contribution in [0.2, 0.25) is 0 Å². The summed E-state index contributed by atoms with van der Waals surface area (Å²) in [6.45, 7) is 6.81. The van der Waals surface area contributed by atoms with E-state index in [1.165, 1.54) is 70.9 Å². The normalized spacial score (nSPS) is 12.1. The highest BCUT2D eigenvalue weighted by Crippen LogP contribution is 2.42. The van der Waals surface area contributed by atoms with Crippen LogP contribution in [-0.2, 0) is 5.41 Å². The van der Waals surface area contributed by atoms with Gasteiger partial charge >= 0.3 is 0 Å². The van der Waals surface area contributed by atoms with Crippen molar-refractivity contribution in [3.05, 3.63) is 133 Å². The Balaban J connectivity index is 1.55. The summed E-state index contributed by atoms with van der Waals surface area (Å²) < 4.78 is 0. The minimum absolute atomic E-state index is 0.137. The first-order valence-corrected chi connectivity index (χ1v) is 13.4. The molecule has 0 fully saturated rings. The van der Waals surface area contributed by atoms with Gasteiger partial charge in [-0.3, -0.25) is 0 Å². The van der Waals surface area contributed by atoms with E-state index in [1.807, 2.05) is 0 Å². The smallest absolute Gasteiger partial charge is 0.00259 e. The summed E-state index contributed by atoms with van der Waals surface area (Å²) in [5.41, 5.74) is 6.58. The van der Waals surface area contributed by atoms with Gasteiger partial charge in [-0.05, 0) is 94.5 Å². The molecule has 7 aromatic carbocycles. The zero-order valence-electron chi connectivity index (χ0n) is 22.1. The lowest BCUT2D eigenvalue weighted by atomic mass is 9.85. The van der Waals surface area contributed by atoms with Crippen LogP contribution in [0.15, 0.2) is 127 Å². The third-order valence-corrected chi connectivity index (χ3v) is 7.98. The predicted octanol–water partition coefficient (Wildman–Crippen LogP) is 10.9. The number of hydrogen-bond acceptors (Lipinski definition) is 0. The Morgan fingerprint density at radius 2 is 0.895 bits per heavy atom. The fourth-order valence-electron chi connectivity index (χ4n) is 5.96. The largest absolute Gasteiger partial charge is 0.0616 e. The van der Waals surface area contributed by atoms with Crippen LogP contribution in [0.4, 0.5) is 0 Å². The predicted molar refractivity (Wildman–Crippen MR) is 166 cm³/mol. The second-order valence-electron chi connectivity index (χ2n) is 11.4. The van der Waals surface area contributed by atoms with Crippen molar-refractivity contribution in [2.75, 3.05) is 0 Å². The number of rotatable bonds is 2. The van der Waals surface area contributed by atoms with E-state index < -0.39 is 0 Å². The van der Waals surface area contributed by atoms with Crippen molar-refractivity contribution in [1.29, 1.82) is 0 Å². The minimum atomic E-state index is 0.137. The van der Waals surface area contributed by atoms with Gasteiger partial charge in [0.05, 0.1) is 0 Å². The van der Waals surface area contributed by atoms with Crippen LogP contribution >= 0.6 is 0 Å². The van der Waals surface area contributed by atoms with Crippen LogP contribution in [0.3, 0.4) is 0 Å². The molecule has 0 heteroatoms. The van der Waals surface area contributed by atoms with Crippen LogP contribution in [0.25, 0.3) is 65.3 Å². The Morgan fingerprint density at radius 3 is 1.50 bits per heavy atom. The number of hydrogen-bond donors (Lipinski definition) is 0. The third-order valence-electron chi connectivity index (χ3n) is 7.98. The van der Waals surface area contributed by atoms with Crippen molar-refractivity contribution < 1.29 is 0 Å². The van der Waals surface area contributed by atoms with Gasteiger partial charge in [0, 0.05) is 0 Å². The fourth-order valence-corrected chi connectivity index (χ4v) is 5.96. The molecule has 0 aliphatic heterocycles. The Bertz CT molecular complexity index is 1980. The Morgan fingerprint density at radius 1 is 0.395 bits per heavy atom. The second kappa shape index (κ2) is 8.57. The number of fused-ring (bicyclic) bond motifs is 6. The highest BCUT2D eigenvalue weighted by atomic mass is 14.2. The summed E-state index contributed by atoms with van der Waals surface area (Å²) in [6.07, 6.45) is 0. The minimum Gasteiger partial charge on any atom is -0.0616 e. The lowest BCUT2D eigenvalue weighted by Crippen LogP contribution is -2.10. The molecule has 7 aromatic rings. The standard InChI is InChI=1S/C38H30/c1-38(2,3)30-20-18-26(19-21-30)35-23-29-24-36(28-17-16-25-10-4-5-11-27(25)22-28)32-13-7-9-15-34(32)37(29)33-14-8-6-12-31(33)35/h4-24H,1-3H3. The summed E-state index contributed by atoms with van der Waals surface area (Å²) >= 11 is 0. The molecule has 0 atom stereocenters. The van der Waals surface area contributed by atoms with Crippen LogP contribution in [0.1, 0.15) is 26.3 Å². The van der Waals surface area contributed by atoms with E-state index in [0.29, 0.717) is 0 Å². The van der Waals surface area contributed by atoms with Crippen molar-refractivity contribution in [2.45, 2.75) is 26.2 Å². The SMILES string of the molecule is CC(C)(C)c1ccc(-c2cc3cc(-c4ccc5ccccc5c4)c4ccccc4c3c3ccccc23)cc1. The van der Waals surface area contributed by atoms with Gasteiger partial charge in [-0.2, -0.15) is 0 Å². The van der Waals surface area contributed by atoms with Crippen molar-refractivity contribution >= 4 is 43.1 Å². The molecule has 0 bridgehead atoms. The Labute approximate surface area is 224 Å². The molecule has 0 nitrogen and oxygen atoms in total. The van der Waals surface area contributed by atoms with E-state index in [9.17, 15) is 0 Å². The quantitative estimate of drug-likeness (QED) is 0.213. The lowest BCUT2D eigenvalue weighted by Gasteiger charge is -2.20. The highest BCUT2D eigenvalue weighted by molar-refractivity contribution is 6.25. The van der Waals surface area contributed by atoms with Crippen LogP contribution < -0.4 is 0 Å². The van der Waals surface area contributed by atoms with Gasteiger partial charge in [0.15, 0.2) is 0 Å². The van der Waals surface area contributed by atoms with E-state index in [1.54, 1.807) is 0 Å². The van der Waals surface area contributed by atoms with Crippen molar-refractivity contribution in [3.63, 3.8) is 0 Å². The van der Waals surface area contributed by atoms with Gasteiger partial charge in [0.2, 0.25) is 0 Å². The summed E-state index contributed by atoms with van der Waals surface area (Å²) in [6, 6.07) is 47.2. The first-order chi connectivity index (χ1) is 18.5. The summed E-state index contributed by atoms with van der Waals surface area (Å²) in [5, 5.41) is 10.4. The van der Waals surface area contributed by atoms with E-state index in [-0.39, 0.29) is 5.41 Å². The van der Waals surface area contributed by atoms with Gasteiger partial charge in [0.25, 0.3) is 0 Å². The van der Waals surface area contributed by atoms with Gasteiger partial charge in [0.1, 0.15) is 0 Å². The van der Waals surface area contributed by atoms with Crippen molar-refractivity contribution in [1.82, 2.24) is 0 Å². The van der Waals surface area contributed by atoms with Gasteiger partial charge in [-0.15, -0.1) is 0 Å². The first-order valence-electron chi connectivity index (χ1n) is 13.4. The van der Waals surface area contributed by atoms with Gasteiger partial charge in [-0.25, -0.2) is 0 Å². The van der Waals surface area contributed by atoms with E-state index >= 15 is 0 Å². The zero-order valence-corrected chi connectivity index (χ0v) is 22.1. The number of benzene rings is 7. The molecule has 0 radical (unpaired) electrons. The van der Waals surface area contributed by atoms with Crippen molar-refractivity contribution in [2.24, 2.45) is 0 Å². The summed E-state index contributed by atoms with van der Waals surface area (Å²) in [4.78, 5) is 0. The van der Waals surface area contributed by atoms with E-state index in [2.05, 4.69) is 148 Å². The molecule has 0 saturated carbocycles. The van der Waals surface area contributed by atoms with Crippen molar-refractivity contribution in [3.8, 4) is 22.3 Å². The third kappa shape index (κ3) is 3.68. The maximum absolute atomic E-state index is 2.40. The monoisotopic (exact) mass is 486 g/mol. The molecule has 0 aromatic heterocycles. The van der Waals surface area contributed by atoms with Crippen LogP contribution in [0.5, 0.6) is 0 Å². The average Bonchev–Trinajstić information content (AvgIpc) is 2.95. The molecule has 0 N–H and O–H groups in total. The topological polar surface area (TPSA) is 0 Å². The molecule has 0 saturated heterocycles. The molecule has 0 spiro atoms. The molecular weight excluding hydrogens is 456 g/mol. The molecule has 0 aliphatic carbocycles. The van der Waals surface area contributed by atoms with E-state index in [4.69, 9.17) is 0 Å². The Kier molecular flexibility index (Phi) is 5.13. The molecule has 38 heavy (non-hydrogen) atoms. The van der Waals surface area contributed by atoms with Crippen LogP contribution in [-0.4, -0.2) is 0 Å². The molecule has 7 rings (SSSR count). The maximum Gasteiger partial charge on any atom is -0.00259 e. The van der Waals surface area contributed by atoms with Gasteiger partial charge in [-0.1, -0.05) is 130 Å². The second-order valence-corrected chi connectivity index (χ2v) is 11.4. The molecule has 182 valence electrons. The Hall–Kier alpha value is -4.42. The first kappa shape index (κ1) is 22.8. The molecule has 0 amide bonds. The fraction of sp³-hybridized carbons (Fsp3) is 0.105. The summed E-state index contributed by atoms with van der Waals surface area (Å²) in [5.74, 6) is 0. The van der Waals surface area contributed by atoms with Gasteiger partial charge < -0.3 is 0 Å². The van der Waals surface area contributed by atoms with Crippen LogP contribution in [0, 0.1) is 0 Å². The van der Waals surface area contributed by atoms with E-state index in [0.717, 1.165) is 0 Å². The molecule has 0 heterocycles. The molecular formula is C38H30. The summed E-state index contributed by atoms with van der Waals surface area (Å²) in [7, 11) is 0. The maximum atomic E-state index is 2.40. The average molecular weight is 487 g/mol. The highest BCUT2D eigenvalue weighted by Gasteiger charge is 2.16.